The molecule has 0 bridgehead atoms. The molecule has 1 saturated heterocycles. The van der Waals surface area contributed by atoms with Gasteiger partial charge in [-0.3, -0.25) is 4.68 Å². The zero-order chi connectivity index (χ0) is 10.5. The van der Waals surface area contributed by atoms with E-state index in [-0.39, 0.29) is 0 Å². The van der Waals surface area contributed by atoms with Crippen LogP contribution in [0.2, 0.25) is 0 Å². The van der Waals surface area contributed by atoms with E-state index in [4.69, 9.17) is 10.5 Å². The smallest absolute Gasteiger partial charge is 0.0880 e. The molecule has 0 aliphatic carbocycles. The van der Waals surface area contributed by atoms with Crippen LogP contribution in [0, 0.1) is 0 Å². The maximum atomic E-state index is 5.44. The number of aryl methyl sites for hydroxylation is 1. The van der Waals surface area contributed by atoms with E-state index in [2.05, 4.69) is 10.3 Å². The Balaban J connectivity index is 1.93. The van der Waals surface area contributed by atoms with Crippen LogP contribution in [0.5, 0.6) is 0 Å². The quantitative estimate of drug-likeness (QED) is 0.787. The summed E-state index contributed by atoms with van der Waals surface area (Å²) in [5.74, 6) is 0.436. The summed E-state index contributed by atoms with van der Waals surface area (Å²) >= 11 is 0. The van der Waals surface area contributed by atoms with Crippen molar-refractivity contribution in [2.45, 2.75) is 31.7 Å². The van der Waals surface area contributed by atoms with E-state index in [1.54, 1.807) is 0 Å². The summed E-state index contributed by atoms with van der Waals surface area (Å²) in [5, 5.41) is 8.27. The molecule has 5 nitrogen and oxygen atoms in total. The molecule has 1 fully saturated rings. The molecule has 1 aromatic rings. The highest BCUT2D eigenvalue weighted by Crippen LogP contribution is 2.22. The number of nitrogens with two attached hydrogens (primary N) is 1. The lowest BCUT2D eigenvalue weighted by atomic mass is 9.99. The number of nitrogens with zero attached hydrogens (tertiary/aromatic N) is 3. The first-order chi connectivity index (χ1) is 7.40. The molecule has 1 aromatic heterocycles. The average Bonchev–Trinajstić information content (AvgIpc) is 2.76. The largest absolute Gasteiger partial charge is 0.381 e. The Morgan fingerprint density at radius 2 is 2.53 bits per heavy atom. The van der Waals surface area contributed by atoms with Crippen LogP contribution < -0.4 is 5.73 Å². The van der Waals surface area contributed by atoms with Crippen molar-refractivity contribution >= 4 is 0 Å². The Hall–Kier alpha value is -0.940. The Labute approximate surface area is 89.6 Å². The molecule has 0 amide bonds. The van der Waals surface area contributed by atoms with Crippen LogP contribution in [0.3, 0.4) is 0 Å². The summed E-state index contributed by atoms with van der Waals surface area (Å²) in [6.07, 6.45) is 5.26. The number of aromatic nitrogens is 3. The van der Waals surface area contributed by atoms with Crippen molar-refractivity contribution in [3.05, 3.63) is 11.9 Å². The van der Waals surface area contributed by atoms with Crippen molar-refractivity contribution in [2.24, 2.45) is 5.73 Å². The maximum absolute atomic E-state index is 5.44. The van der Waals surface area contributed by atoms with Crippen LogP contribution in [-0.4, -0.2) is 34.8 Å². The van der Waals surface area contributed by atoms with Gasteiger partial charge in [-0.05, 0) is 25.8 Å². The molecule has 2 rings (SSSR count). The Morgan fingerprint density at radius 3 is 3.27 bits per heavy atom. The van der Waals surface area contributed by atoms with E-state index >= 15 is 0 Å². The lowest BCUT2D eigenvalue weighted by Gasteiger charge is -2.19. The van der Waals surface area contributed by atoms with Gasteiger partial charge in [0.25, 0.3) is 0 Å². The Bertz CT molecular complexity index is 293. The van der Waals surface area contributed by atoms with E-state index in [9.17, 15) is 0 Å². The topological polar surface area (TPSA) is 66.0 Å². The molecule has 0 spiro atoms. The van der Waals surface area contributed by atoms with Crippen LogP contribution in [0.4, 0.5) is 0 Å². The molecule has 15 heavy (non-hydrogen) atoms. The van der Waals surface area contributed by atoms with Crippen LogP contribution in [0.1, 0.15) is 30.9 Å². The van der Waals surface area contributed by atoms with Crippen molar-refractivity contribution < 1.29 is 4.74 Å². The minimum Gasteiger partial charge on any atom is -0.381 e. The molecule has 2 N–H and O–H groups in total. The predicted molar refractivity (Wildman–Crippen MR) is 56.5 cm³/mol. The van der Waals surface area contributed by atoms with E-state index in [0.717, 1.165) is 44.7 Å². The van der Waals surface area contributed by atoms with Gasteiger partial charge >= 0.3 is 0 Å². The zero-order valence-electron chi connectivity index (χ0n) is 8.93. The summed E-state index contributed by atoms with van der Waals surface area (Å²) in [4.78, 5) is 0. The molecule has 1 aliphatic rings. The number of ether oxygens (including phenoxy) is 1. The third-order valence-electron chi connectivity index (χ3n) is 2.73. The van der Waals surface area contributed by atoms with Crippen LogP contribution in [-0.2, 0) is 11.3 Å². The highest BCUT2D eigenvalue weighted by Gasteiger charge is 2.18. The average molecular weight is 210 g/mol. The van der Waals surface area contributed by atoms with E-state index in [1.807, 2.05) is 10.9 Å². The summed E-state index contributed by atoms with van der Waals surface area (Å²) in [5.41, 5.74) is 6.51. The summed E-state index contributed by atoms with van der Waals surface area (Å²) in [7, 11) is 0. The Morgan fingerprint density at radius 1 is 1.60 bits per heavy atom. The highest BCUT2D eigenvalue weighted by molar-refractivity contribution is 5.02. The fraction of sp³-hybridized carbons (Fsp3) is 0.800. The van der Waals surface area contributed by atoms with Gasteiger partial charge in [0.2, 0.25) is 0 Å². The van der Waals surface area contributed by atoms with Gasteiger partial charge in [0.15, 0.2) is 0 Å². The highest BCUT2D eigenvalue weighted by atomic mass is 16.5. The Kier molecular flexibility index (Phi) is 3.69. The van der Waals surface area contributed by atoms with Crippen molar-refractivity contribution in [3.63, 3.8) is 0 Å². The molecule has 2 heterocycles. The van der Waals surface area contributed by atoms with Gasteiger partial charge in [0.05, 0.1) is 12.3 Å². The van der Waals surface area contributed by atoms with Gasteiger partial charge in [-0.25, -0.2) is 0 Å². The summed E-state index contributed by atoms with van der Waals surface area (Å²) in [6.45, 7) is 3.23. The second-order valence-corrected chi connectivity index (χ2v) is 3.96. The van der Waals surface area contributed by atoms with Crippen LogP contribution in [0.25, 0.3) is 0 Å². The standard InChI is InChI=1S/C10H18N4O/c11-4-2-5-14-7-10(12-13-14)9-3-1-6-15-8-9/h7,9H,1-6,8,11H2. The normalized spacial score (nSPS) is 21.8. The fourth-order valence-corrected chi connectivity index (χ4v) is 1.84. The molecule has 1 unspecified atom stereocenters. The third-order valence-corrected chi connectivity index (χ3v) is 2.73. The second kappa shape index (κ2) is 5.23. The maximum Gasteiger partial charge on any atom is 0.0880 e. The van der Waals surface area contributed by atoms with E-state index < -0.39 is 0 Å². The number of rotatable bonds is 4. The first kappa shape index (κ1) is 10.6. The molecule has 0 radical (unpaired) electrons. The van der Waals surface area contributed by atoms with Gasteiger partial charge < -0.3 is 10.5 Å². The predicted octanol–water partition coefficient (Wildman–Crippen LogP) is 0.521. The summed E-state index contributed by atoms with van der Waals surface area (Å²) in [6, 6.07) is 0. The van der Waals surface area contributed by atoms with Crippen LogP contribution in [0.15, 0.2) is 6.20 Å². The molecule has 1 aliphatic heterocycles. The molecule has 0 aromatic carbocycles. The number of hydrogen-bond acceptors (Lipinski definition) is 4. The van der Waals surface area contributed by atoms with Gasteiger partial charge in [-0.2, -0.15) is 0 Å². The molecule has 1 atom stereocenters. The van der Waals surface area contributed by atoms with Crippen LogP contribution >= 0.6 is 0 Å². The van der Waals surface area contributed by atoms with E-state index in [1.165, 1.54) is 0 Å². The van der Waals surface area contributed by atoms with Crippen molar-refractivity contribution in [1.29, 1.82) is 0 Å². The first-order valence-corrected chi connectivity index (χ1v) is 5.58. The van der Waals surface area contributed by atoms with E-state index in [0.29, 0.717) is 12.5 Å². The first-order valence-electron chi connectivity index (χ1n) is 5.58. The van der Waals surface area contributed by atoms with Crippen molar-refractivity contribution in [1.82, 2.24) is 15.0 Å². The SMILES string of the molecule is NCCCn1cc(C2CCCOC2)nn1. The molecular formula is C10H18N4O. The van der Waals surface area contributed by atoms with Gasteiger partial charge in [-0.1, -0.05) is 5.21 Å². The molecule has 5 heteroatoms. The van der Waals surface area contributed by atoms with Crippen molar-refractivity contribution in [2.75, 3.05) is 19.8 Å². The monoisotopic (exact) mass is 210 g/mol. The second-order valence-electron chi connectivity index (χ2n) is 3.96. The minimum absolute atomic E-state index is 0.436. The van der Waals surface area contributed by atoms with Gasteiger partial charge in [0.1, 0.15) is 0 Å². The zero-order valence-corrected chi connectivity index (χ0v) is 8.93. The lowest BCUT2D eigenvalue weighted by molar-refractivity contribution is 0.0793. The van der Waals surface area contributed by atoms with Crippen molar-refractivity contribution in [3.8, 4) is 0 Å². The number of hydrogen-bond donors (Lipinski definition) is 1. The summed E-state index contributed by atoms with van der Waals surface area (Å²) < 4.78 is 7.30. The molecular weight excluding hydrogens is 192 g/mol. The molecule has 84 valence electrons. The van der Waals surface area contributed by atoms with Gasteiger partial charge in [0, 0.05) is 25.3 Å². The third kappa shape index (κ3) is 2.76. The van der Waals surface area contributed by atoms with Gasteiger partial charge in [-0.15, -0.1) is 5.10 Å². The fourth-order valence-electron chi connectivity index (χ4n) is 1.84. The molecule has 0 saturated carbocycles. The lowest BCUT2D eigenvalue weighted by Crippen LogP contribution is -2.15. The minimum atomic E-state index is 0.436.